The van der Waals surface area contributed by atoms with Gasteiger partial charge in [-0.2, -0.15) is 0 Å². The molecule has 0 aromatic heterocycles. The van der Waals surface area contributed by atoms with E-state index in [9.17, 15) is 9.50 Å². The molecule has 0 atom stereocenters. The number of hydrogen-bond acceptors (Lipinski definition) is 1. The van der Waals surface area contributed by atoms with Gasteiger partial charge in [0.1, 0.15) is 5.82 Å². The monoisotopic (exact) mass is 278 g/mol. The molecule has 1 nitrogen and oxygen atoms in total. The molecule has 112 valence electrons. The summed E-state index contributed by atoms with van der Waals surface area (Å²) in [5.41, 5.74) is 1.73. The van der Waals surface area contributed by atoms with E-state index in [0.29, 0.717) is 17.8 Å². The Labute approximate surface area is 122 Å². The SMILES string of the molecule is Cc1cc(F)ccc1CC1(O)CCC(C(C)(C)C)CC1. The highest BCUT2D eigenvalue weighted by Crippen LogP contribution is 2.42. The molecule has 1 aromatic carbocycles. The molecule has 0 unspecified atom stereocenters. The largest absolute Gasteiger partial charge is 0.390 e. The summed E-state index contributed by atoms with van der Waals surface area (Å²) in [6, 6.07) is 4.87. The van der Waals surface area contributed by atoms with Crippen LogP contribution >= 0.6 is 0 Å². The smallest absolute Gasteiger partial charge is 0.123 e. The Morgan fingerprint density at radius 1 is 1.25 bits per heavy atom. The van der Waals surface area contributed by atoms with Crippen LogP contribution < -0.4 is 0 Å². The molecule has 0 aliphatic heterocycles. The number of halogens is 1. The summed E-state index contributed by atoms with van der Waals surface area (Å²) < 4.78 is 13.1. The van der Waals surface area contributed by atoms with Crippen LogP contribution in [0.25, 0.3) is 0 Å². The summed E-state index contributed by atoms with van der Waals surface area (Å²) in [6.07, 6.45) is 4.52. The van der Waals surface area contributed by atoms with Crippen LogP contribution in [0.3, 0.4) is 0 Å². The molecule has 0 bridgehead atoms. The van der Waals surface area contributed by atoms with E-state index in [2.05, 4.69) is 20.8 Å². The first-order valence-electron chi connectivity index (χ1n) is 7.67. The lowest BCUT2D eigenvalue weighted by Crippen LogP contribution is -2.39. The average molecular weight is 278 g/mol. The molecular formula is C18H27FO. The van der Waals surface area contributed by atoms with Crippen molar-refractivity contribution in [3.05, 3.63) is 35.1 Å². The van der Waals surface area contributed by atoms with Gasteiger partial charge in [0.15, 0.2) is 0 Å². The zero-order chi connectivity index (χ0) is 15.0. The number of rotatable bonds is 2. The van der Waals surface area contributed by atoms with Crippen molar-refractivity contribution in [2.24, 2.45) is 11.3 Å². The van der Waals surface area contributed by atoms with Crippen molar-refractivity contribution in [2.75, 3.05) is 0 Å². The molecule has 1 aliphatic rings. The Balaban J connectivity index is 2.03. The molecule has 0 radical (unpaired) electrons. The molecule has 0 saturated heterocycles. The number of benzene rings is 1. The van der Waals surface area contributed by atoms with Gasteiger partial charge in [0.2, 0.25) is 0 Å². The lowest BCUT2D eigenvalue weighted by Gasteiger charge is -2.41. The second-order valence-electron chi connectivity index (χ2n) is 7.61. The average Bonchev–Trinajstić information content (AvgIpc) is 2.32. The molecule has 1 N–H and O–H groups in total. The minimum absolute atomic E-state index is 0.199. The molecule has 2 rings (SSSR count). The fourth-order valence-electron chi connectivity index (χ4n) is 3.41. The highest BCUT2D eigenvalue weighted by atomic mass is 19.1. The van der Waals surface area contributed by atoms with Gasteiger partial charge in [-0.15, -0.1) is 0 Å². The van der Waals surface area contributed by atoms with E-state index in [-0.39, 0.29) is 5.82 Å². The molecule has 1 fully saturated rings. The fourth-order valence-corrected chi connectivity index (χ4v) is 3.41. The van der Waals surface area contributed by atoms with Crippen molar-refractivity contribution in [2.45, 2.75) is 65.4 Å². The Morgan fingerprint density at radius 2 is 1.85 bits per heavy atom. The second-order valence-corrected chi connectivity index (χ2v) is 7.61. The van der Waals surface area contributed by atoms with E-state index >= 15 is 0 Å². The predicted molar refractivity (Wildman–Crippen MR) is 81.2 cm³/mol. The van der Waals surface area contributed by atoms with Gasteiger partial charge in [0.25, 0.3) is 0 Å². The van der Waals surface area contributed by atoms with Gasteiger partial charge in [0, 0.05) is 6.42 Å². The lowest BCUT2D eigenvalue weighted by molar-refractivity contribution is -0.0246. The van der Waals surface area contributed by atoms with Crippen molar-refractivity contribution in [3.8, 4) is 0 Å². The molecule has 1 aliphatic carbocycles. The van der Waals surface area contributed by atoms with E-state index in [4.69, 9.17) is 0 Å². The maximum atomic E-state index is 13.1. The highest BCUT2D eigenvalue weighted by molar-refractivity contribution is 5.28. The fraction of sp³-hybridized carbons (Fsp3) is 0.667. The van der Waals surface area contributed by atoms with Gasteiger partial charge >= 0.3 is 0 Å². The highest BCUT2D eigenvalue weighted by Gasteiger charge is 2.37. The van der Waals surface area contributed by atoms with Crippen molar-refractivity contribution < 1.29 is 9.50 Å². The number of aliphatic hydroxyl groups is 1. The normalized spacial score (nSPS) is 27.6. The second kappa shape index (κ2) is 5.48. The van der Waals surface area contributed by atoms with Crippen LogP contribution in [0.4, 0.5) is 4.39 Å². The third-order valence-corrected chi connectivity index (χ3v) is 4.97. The Kier molecular flexibility index (Phi) is 4.24. The molecule has 1 saturated carbocycles. The quantitative estimate of drug-likeness (QED) is 0.835. The van der Waals surface area contributed by atoms with Crippen LogP contribution in [0.2, 0.25) is 0 Å². The van der Waals surface area contributed by atoms with E-state index < -0.39 is 5.60 Å². The summed E-state index contributed by atoms with van der Waals surface area (Å²) in [7, 11) is 0. The first kappa shape index (κ1) is 15.5. The van der Waals surface area contributed by atoms with Crippen molar-refractivity contribution >= 4 is 0 Å². The number of hydrogen-bond donors (Lipinski definition) is 1. The molecule has 2 heteroatoms. The third kappa shape index (κ3) is 3.60. The summed E-state index contributed by atoms with van der Waals surface area (Å²) in [5.74, 6) is 0.492. The van der Waals surface area contributed by atoms with E-state index in [1.807, 2.05) is 13.0 Å². The molecule has 0 spiro atoms. The lowest BCUT2D eigenvalue weighted by atomic mass is 9.67. The van der Waals surface area contributed by atoms with E-state index in [1.165, 1.54) is 6.07 Å². The topological polar surface area (TPSA) is 20.2 Å². The molecule has 1 aromatic rings. The van der Waals surface area contributed by atoms with Crippen molar-refractivity contribution in [3.63, 3.8) is 0 Å². The van der Waals surface area contributed by atoms with E-state index in [0.717, 1.165) is 36.8 Å². The first-order valence-corrected chi connectivity index (χ1v) is 7.67. The van der Waals surface area contributed by atoms with Gasteiger partial charge in [0.05, 0.1) is 5.60 Å². The minimum Gasteiger partial charge on any atom is -0.390 e. The first-order chi connectivity index (χ1) is 9.20. The van der Waals surface area contributed by atoms with Crippen LogP contribution in [0.5, 0.6) is 0 Å². The zero-order valence-corrected chi connectivity index (χ0v) is 13.2. The molecule has 0 amide bonds. The van der Waals surface area contributed by atoms with Gasteiger partial charge in [-0.25, -0.2) is 4.39 Å². The van der Waals surface area contributed by atoms with Gasteiger partial charge in [-0.05, 0) is 67.2 Å². The van der Waals surface area contributed by atoms with Gasteiger partial charge < -0.3 is 5.11 Å². The van der Waals surface area contributed by atoms with Crippen LogP contribution in [-0.2, 0) is 6.42 Å². The minimum atomic E-state index is -0.607. The van der Waals surface area contributed by atoms with Gasteiger partial charge in [-0.3, -0.25) is 0 Å². The van der Waals surface area contributed by atoms with Crippen molar-refractivity contribution in [1.29, 1.82) is 0 Å². The Morgan fingerprint density at radius 3 is 2.35 bits per heavy atom. The third-order valence-electron chi connectivity index (χ3n) is 4.97. The Hall–Kier alpha value is -0.890. The molecule has 20 heavy (non-hydrogen) atoms. The van der Waals surface area contributed by atoms with E-state index in [1.54, 1.807) is 6.07 Å². The van der Waals surface area contributed by atoms with Crippen LogP contribution in [0.15, 0.2) is 18.2 Å². The van der Waals surface area contributed by atoms with Crippen LogP contribution in [0, 0.1) is 24.1 Å². The maximum absolute atomic E-state index is 13.1. The zero-order valence-electron chi connectivity index (χ0n) is 13.2. The number of aryl methyl sites for hydroxylation is 1. The molecule has 0 heterocycles. The predicted octanol–water partition coefficient (Wildman–Crippen LogP) is 4.64. The summed E-state index contributed by atoms with van der Waals surface area (Å²) >= 11 is 0. The summed E-state index contributed by atoms with van der Waals surface area (Å²) in [6.45, 7) is 8.77. The standard InChI is InChI=1S/C18H27FO/c1-13-11-16(19)6-5-14(13)12-18(20)9-7-15(8-10-18)17(2,3)4/h5-6,11,15,20H,7-10,12H2,1-4H3. The van der Waals surface area contributed by atoms with Gasteiger partial charge in [-0.1, -0.05) is 26.8 Å². The Bertz CT molecular complexity index is 465. The van der Waals surface area contributed by atoms with Crippen molar-refractivity contribution in [1.82, 2.24) is 0 Å². The molecular weight excluding hydrogens is 251 g/mol. The maximum Gasteiger partial charge on any atom is 0.123 e. The summed E-state index contributed by atoms with van der Waals surface area (Å²) in [4.78, 5) is 0. The summed E-state index contributed by atoms with van der Waals surface area (Å²) in [5, 5.41) is 10.8. The van der Waals surface area contributed by atoms with Crippen LogP contribution in [-0.4, -0.2) is 10.7 Å². The van der Waals surface area contributed by atoms with Crippen LogP contribution in [0.1, 0.15) is 57.6 Å².